The number of hydrogen-bond donors (Lipinski definition) is 1. The first-order valence-corrected chi connectivity index (χ1v) is 6.08. The Labute approximate surface area is 96.5 Å². The highest BCUT2D eigenvalue weighted by molar-refractivity contribution is 9.10. The predicted molar refractivity (Wildman–Crippen MR) is 61.5 cm³/mol. The molecule has 0 aliphatic carbocycles. The monoisotopic (exact) mass is 276 g/mol. The van der Waals surface area contributed by atoms with Gasteiger partial charge in [0.25, 0.3) is 0 Å². The molecule has 1 N–H and O–H groups in total. The molecule has 1 aromatic heterocycles. The molecule has 1 aromatic rings. The van der Waals surface area contributed by atoms with Crippen molar-refractivity contribution >= 4 is 27.7 Å². The van der Waals surface area contributed by atoms with Crippen molar-refractivity contribution in [3.8, 4) is 0 Å². The Hall–Kier alpha value is -0.130. The van der Waals surface area contributed by atoms with Gasteiger partial charge in [0, 0.05) is 17.9 Å². The second-order valence-corrected chi connectivity index (χ2v) is 5.29. The minimum absolute atomic E-state index is 0.222. The van der Waals surface area contributed by atoms with Crippen LogP contribution in [0.2, 0.25) is 0 Å². The molecule has 0 aromatic carbocycles. The molecule has 0 bridgehead atoms. The minimum atomic E-state index is 0.222. The van der Waals surface area contributed by atoms with Gasteiger partial charge in [0.15, 0.2) is 0 Å². The summed E-state index contributed by atoms with van der Waals surface area (Å²) < 4.78 is 0.809. The quantitative estimate of drug-likeness (QED) is 0.678. The van der Waals surface area contributed by atoms with E-state index in [0.29, 0.717) is 5.25 Å². The molecule has 0 saturated carbocycles. The number of nitrogens with zero attached hydrogens (tertiary/aromatic N) is 2. The molecule has 0 saturated heterocycles. The molecule has 0 radical (unpaired) electrons. The standard InChI is InChI=1S/C9H13BrN2OS/c1-6(3-4-13)14-9-5-8(10)11-7(2)12-9/h5-6,13H,3-4H2,1-2H3. The summed E-state index contributed by atoms with van der Waals surface area (Å²) in [6, 6.07) is 1.89. The van der Waals surface area contributed by atoms with Crippen LogP contribution in [-0.2, 0) is 0 Å². The van der Waals surface area contributed by atoms with E-state index in [2.05, 4.69) is 32.8 Å². The van der Waals surface area contributed by atoms with Crippen molar-refractivity contribution in [3.05, 3.63) is 16.5 Å². The van der Waals surface area contributed by atoms with Gasteiger partial charge in [-0.25, -0.2) is 9.97 Å². The lowest BCUT2D eigenvalue weighted by Crippen LogP contribution is -2.00. The van der Waals surface area contributed by atoms with Crippen LogP contribution >= 0.6 is 27.7 Å². The summed E-state index contributed by atoms with van der Waals surface area (Å²) in [5.74, 6) is 0.762. The number of aryl methyl sites for hydroxylation is 1. The topological polar surface area (TPSA) is 46.0 Å². The van der Waals surface area contributed by atoms with Gasteiger partial charge < -0.3 is 5.11 Å². The van der Waals surface area contributed by atoms with Crippen molar-refractivity contribution in [1.29, 1.82) is 0 Å². The molecular formula is C9H13BrN2OS. The van der Waals surface area contributed by atoms with E-state index in [4.69, 9.17) is 5.11 Å². The van der Waals surface area contributed by atoms with Crippen LogP contribution in [0.25, 0.3) is 0 Å². The number of thioether (sulfide) groups is 1. The first kappa shape index (κ1) is 11.9. The third-order valence-corrected chi connectivity index (χ3v) is 3.14. The second-order valence-electron chi connectivity index (χ2n) is 3.02. The second kappa shape index (κ2) is 5.68. The van der Waals surface area contributed by atoms with Crippen molar-refractivity contribution in [1.82, 2.24) is 9.97 Å². The SMILES string of the molecule is Cc1nc(Br)cc(SC(C)CCO)n1. The summed E-state index contributed by atoms with van der Waals surface area (Å²) in [5.41, 5.74) is 0. The van der Waals surface area contributed by atoms with E-state index in [-0.39, 0.29) is 6.61 Å². The van der Waals surface area contributed by atoms with Gasteiger partial charge in [-0.2, -0.15) is 0 Å². The van der Waals surface area contributed by atoms with Crippen molar-refractivity contribution in [2.24, 2.45) is 0 Å². The van der Waals surface area contributed by atoms with Gasteiger partial charge in [0.2, 0.25) is 0 Å². The van der Waals surface area contributed by atoms with Crippen LogP contribution in [0, 0.1) is 6.92 Å². The Balaban J connectivity index is 2.66. The van der Waals surface area contributed by atoms with E-state index in [0.717, 1.165) is 21.9 Å². The molecule has 0 aliphatic rings. The molecule has 1 unspecified atom stereocenters. The molecule has 1 atom stereocenters. The fourth-order valence-electron chi connectivity index (χ4n) is 1.01. The van der Waals surface area contributed by atoms with Crippen molar-refractivity contribution < 1.29 is 5.11 Å². The lowest BCUT2D eigenvalue weighted by atomic mass is 10.3. The lowest BCUT2D eigenvalue weighted by molar-refractivity contribution is 0.289. The highest BCUT2D eigenvalue weighted by Crippen LogP contribution is 2.24. The maximum atomic E-state index is 8.77. The van der Waals surface area contributed by atoms with Gasteiger partial charge in [-0.3, -0.25) is 0 Å². The maximum absolute atomic E-state index is 8.77. The molecule has 5 heteroatoms. The average molecular weight is 277 g/mol. The molecule has 14 heavy (non-hydrogen) atoms. The van der Waals surface area contributed by atoms with E-state index in [9.17, 15) is 0 Å². The Kier molecular flexibility index (Phi) is 4.84. The van der Waals surface area contributed by atoms with Crippen molar-refractivity contribution in [2.45, 2.75) is 30.5 Å². The zero-order valence-electron chi connectivity index (χ0n) is 8.20. The van der Waals surface area contributed by atoms with Gasteiger partial charge in [-0.15, -0.1) is 11.8 Å². The van der Waals surface area contributed by atoms with E-state index in [1.165, 1.54) is 0 Å². The normalized spacial score (nSPS) is 12.9. The largest absolute Gasteiger partial charge is 0.396 e. The Morgan fingerprint density at radius 1 is 1.57 bits per heavy atom. The van der Waals surface area contributed by atoms with E-state index < -0.39 is 0 Å². The maximum Gasteiger partial charge on any atom is 0.127 e. The van der Waals surface area contributed by atoms with Gasteiger partial charge in [0.05, 0.1) is 0 Å². The van der Waals surface area contributed by atoms with Gasteiger partial charge in [-0.1, -0.05) is 6.92 Å². The number of aliphatic hydroxyl groups is 1. The highest BCUT2D eigenvalue weighted by atomic mass is 79.9. The summed E-state index contributed by atoms with van der Waals surface area (Å²) in [5, 5.41) is 10.1. The zero-order valence-corrected chi connectivity index (χ0v) is 10.6. The van der Waals surface area contributed by atoms with E-state index in [1.807, 2.05) is 13.0 Å². The zero-order chi connectivity index (χ0) is 10.6. The van der Waals surface area contributed by atoms with Gasteiger partial charge >= 0.3 is 0 Å². The molecule has 0 amide bonds. The Morgan fingerprint density at radius 2 is 2.29 bits per heavy atom. The van der Waals surface area contributed by atoms with Gasteiger partial charge in [0.1, 0.15) is 15.5 Å². The molecule has 78 valence electrons. The van der Waals surface area contributed by atoms with Crippen LogP contribution in [0.3, 0.4) is 0 Å². The summed E-state index contributed by atoms with van der Waals surface area (Å²) in [4.78, 5) is 8.43. The van der Waals surface area contributed by atoms with Crippen LogP contribution in [0.5, 0.6) is 0 Å². The summed E-state index contributed by atoms with van der Waals surface area (Å²) in [6.45, 7) is 4.16. The minimum Gasteiger partial charge on any atom is -0.396 e. The average Bonchev–Trinajstić information content (AvgIpc) is 2.01. The molecule has 0 aliphatic heterocycles. The molecule has 0 spiro atoms. The van der Waals surface area contributed by atoms with Crippen LogP contribution in [0.15, 0.2) is 15.7 Å². The fourth-order valence-corrected chi connectivity index (χ4v) is 2.64. The molecular weight excluding hydrogens is 264 g/mol. The smallest absolute Gasteiger partial charge is 0.127 e. The van der Waals surface area contributed by atoms with Crippen LogP contribution in [-0.4, -0.2) is 26.9 Å². The van der Waals surface area contributed by atoms with E-state index >= 15 is 0 Å². The molecule has 3 nitrogen and oxygen atoms in total. The molecule has 1 rings (SSSR count). The van der Waals surface area contributed by atoms with Crippen molar-refractivity contribution in [2.75, 3.05) is 6.61 Å². The number of rotatable bonds is 4. The first-order chi connectivity index (χ1) is 6.61. The summed E-state index contributed by atoms with van der Waals surface area (Å²) >= 11 is 4.98. The number of halogens is 1. The molecule has 0 fully saturated rings. The Bertz CT molecular complexity index is 289. The summed E-state index contributed by atoms with van der Waals surface area (Å²) in [6.07, 6.45) is 0.783. The highest BCUT2D eigenvalue weighted by Gasteiger charge is 2.06. The van der Waals surface area contributed by atoms with Crippen molar-refractivity contribution in [3.63, 3.8) is 0 Å². The van der Waals surface area contributed by atoms with Gasteiger partial charge in [-0.05, 0) is 29.3 Å². The first-order valence-electron chi connectivity index (χ1n) is 4.40. The van der Waals surface area contributed by atoms with Crippen LogP contribution in [0.1, 0.15) is 19.2 Å². The number of aliphatic hydroxyl groups excluding tert-OH is 1. The number of hydrogen-bond acceptors (Lipinski definition) is 4. The summed E-state index contributed by atoms with van der Waals surface area (Å²) in [7, 11) is 0. The van der Waals surface area contributed by atoms with E-state index in [1.54, 1.807) is 11.8 Å². The Morgan fingerprint density at radius 3 is 2.86 bits per heavy atom. The third-order valence-electron chi connectivity index (χ3n) is 1.64. The fraction of sp³-hybridized carbons (Fsp3) is 0.556. The van der Waals surface area contributed by atoms with Crippen LogP contribution in [0.4, 0.5) is 0 Å². The predicted octanol–water partition coefficient (Wildman–Crippen LogP) is 2.41. The third kappa shape index (κ3) is 3.94. The van der Waals surface area contributed by atoms with Crippen LogP contribution < -0.4 is 0 Å². The molecule has 1 heterocycles. The number of aromatic nitrogens is 2. The lowest BCUT2D eigenvalue weighted by Gasteiger charge is -2.08.